The van der Waals surface area contributed by atoms with E-state index in [1.165, 1.54) is 0 Å². The maximum Gasteiger partial charge on any atom is 0.238 e. The molecule has 1 heterocycles. The van der Waals surface area contributed by atoms with Gasteiger partial charge >= 0.3 is 0 Å². The predicted octanol–water partition coefficient (Wildman–Crippen LogP) is 0.668. The molecule has 0 spiro atoms. The number of aliphatic hydroxyl groups is 1. The molecule has 102 valence electrons. The van der Waals surface area contributed by atoms with Gasteiger partial charge in [-0.25, -0.2) is 0 Å². The van der Waals surface area contributed by atoms with Gasteiger partial charge in [0.1, 0.15) is 0 Å². The lowest BCUT2D eigenvalue weighted by atomic mass is 10.1. The van der Waals surface area contributed by atoms with Crippen LogP contribution in [0.5, 0.6) is 0 Å². The number of carbonyl (C=O) groups is 1. The molecule has 18 heavy (non-hydrogen) atoms. The van der Waals surface area contributed by atoms with Crippen molar-refractivity contribution in [3.05, 3.63) is 11.4 Å². The van der Waals surface area contributed by atoms with Crippen LogP contribution >= 0.6 is 0 Å². The van der Waals surface area contributed by atoms with Crippen LogP contribution in [0.15, 0.2) is 0 Å². The van der Waals surface area contributed by atoms with E-state index >= 15 is 0 Å². The van der Waals surface area contributed by atoms with Crippen molar-refractivity contribution < 1.29 is 9.90 Å². The van der Waals surface area contributed by atoms with Gasteiger partial charge in [0.15, 0.2) is 0 Å². The van der Waals surface area contributed by atoms with Gasteiger partial charge in [-0.1, -0.05) is 0 Å². The van der Waals surface area contributed by atoms with E-state index in [1.54, 1.807) is 25.8 Å². The first-order chi connectivity index (χ1) is 8.19. The van der Waals surface area contributed by atoms with Crippen molar-refractivity contribution in [3.8, 4) is 0 Å². The van der Waals surface area contributed by atoms with Crippen molar-refractivity contribution in [3.63, 3.8) is 0 Å². The van der Waals surface area contributed by atoms with Crippen molar-refractivity contribution in [1.29, 1.82) is 0 Å². The van der Waals surface area contributed by atoms with Crippen LogP contribution in [0, 0.1) is 13.8 Å². The number of aromatic amines is 1. The van der Waals surface area contributed by atoms with Gasteiger partial charge < -0.3 is 10.4 Å². The van der Waals surface area contributed by atoms with E-state index in [9.17, 15) is 9.90 Å². The van der Waals surface area contributed by atoms with Crippen LogP contribution in [-0.4, -0.2) is 51.8 Å². The van der Waals surface area contributed by atoms with Crippen molar-refractivity contribution in [1.82, 2.24) is 15.1 Å². The molecule has 6 heteroatoms. The number of nitrogens with one attached hydrogen (secondary N) is 2. The number of likely N-dealkylation sites (N-methyl/N-ethyl adjacent to an activating group) is 1. The fourth-order valence-electron chi connectivity index (χ4n) is 1.88. The highest BCUT2D eigenvalue weighted by atomic mass is 16.3. The Kier molecular flexibility index (Phi) is 4.48. The minimum absolute atomic E-state index is 0.116. The van der Waals surface area contributed by atoms with Gasteiger partial charge in [-0.2, -0.15) is 5.10 Å². The Bertz CT molecular complexity index is 401. The number of aromatic nitrogens is 2. The van der Waals surface area contributed by atoms with Gasteiger partial charge in [0.25, 0.3) is 0 Å². The summed E-state index contributed by atoms with van der Waals surface area (Å²) in [6.07, 6.45) is 0. The summed E-state index contributed by atoms with van der Waals surface area (Å²) < 4.78 is 0. The van der Waals surface area contributed by atoms with Gasteiger partial charge in [0.2, 0.25) is 5.91 Å². The highest BCUT2D eigenvalue weighted by Gasteiger charge is 2.18. The van der Waals surface area contributed by atoms with Crippen LogP contribution in [-0.2, 0) is 4.79 Å². The molecule has 0 radical (unpaired) electrons. The second kappa shape index (κ2) is 5.49. The monoisotopic (exact) mass is 254 g/mol. The van der Waals surface area contributed by atoms with Crippen LogP contribution in [0.2, 0.25) is 0 Å². The molecule has 0 aliphatic carbocycles. The Hall–Kier alpha value is -1.40. The third-order valence-electron chi connectivity index (χ3n) is 2.46. The van der Waals surface area contributed by atoms with Crippen molar-refractivity contribution in [2.45, 2.75) is 33.3 Å². The average Bonchev–Trinajstić information content (AvgIpc) is 2.46. The average molecular weight is 254 g/mol. The topological polar surface area (TPSA) is 81.2 Å². The van der Waals surface area contributed by atoms with E-state index in [0.29, 0.717) is 6.54 Å². The molecule has 1 aromatic rings. The molecule has 0 aliphatic rings. The smallest absolute Gasteiger partial charge is 0.238 e. The van der Waals surface area contributed by atoms with Gasteiger partial charge in [-0.05, 0) is 34.7 Å². The molecule has 1 aromatic heterocycles. The van der Waals surface area contributed by atoms with E-state index in [1.807, 2.05) is 13.8 Å². The van der Waals surface area contributed by atoms with Crippen LogP contribution in [0.4, 0.5) is 5.69 Å². The summed E-state index contributed by atoms with van der Waals surface area (Å²) in [6, 6.07) is 0. The number of aryl methyl sites for hydroxylation is 2. The highest BCUT2D eigenvalue weighted by Crippen LogP contribution is 2.15. The Labute approximate surface area is 107 Å². The summed E-state index contributed by atoms with van der Waals surface area (Å²) in [6.45, 7) is 7.78. The first kappa shape index (κ1) is 14.7. The molecular formula is C12H22N4O2. The number of H-pyrrole nitrogens is 1. The van der Waals surface area contributed by atoms with Gasteiger partial charge in [0.05, 0.1) is 29.2 Å². The molecule has 0 aromatic carbocycles. The molecule has 6 nitrogen and oxygen atoms in total. The Morgan fingerprint density at radius 2 is 2.11 bits per heavy atom. The molecule has 0 aliphatic heterocycles. The number of amides is 1. The largest absolute Gasteiger partial charge is 0.389 e. The molecule has 0 fully saturated rings. The Morgan fingerprint density at radius 1 is 1.50 bits per heavy atom. The zero-order valence-electron chi connectivity index (χ0n) is 11.7. The summed E-state index contributed by atoms with van der Waals surface area (Å²) in [7, 11) is 1.80. The quantitative estimate of drug-likeness (QED) is 0.721. The third-order valence-corrected chi connectivity index (χ3v) is 2.46. The zero-order valence-corrected chi connectivity index (χ0v) is 11.7. The molecular weight excluding hydrogens is 232 g/mol. The Morgan fingerprint density at radius 3 is 2.56 bits per heavy atom. The second-order valence-electron chi connectivity index (χ2n) is 5.34. The predicted molar refractivity (Wildman–Crippen MR) is 70.5 cm³/mol. The van der Waals surface area contributed by atoms with E-state index in [0.717, 1.165) is 17.1 Å². The minimum Gasteiger partial charge on any atom is -0.389 e. The first-order valence-electron chi connectivity index (χ1n) is 5.91. The summed E-state index contributed by atoms with van der Waals surface area (Å²) in [5, 5.41) is 19.3. The van der Waals surface area contributed by atoms with E-state index in [-0.39, 0.29) is 12.5 Å². The maximum atomic E-state index is 11.8. The van der Waals surface area contributed by atoms with Crippen molar-refractivity contribution in [2.24, 2.45) is 0 Å². The van der Waals surface area contributed by atoms with Crippen LogP contribution in [0.25, 0.3) is 0 Å². The lowest BCUT2D eigenvalue weighted by Gasteiger charge is -2.24. The first-order valence-corrected chi connectivity index (χ1v) is 5.91. The third kappa shape index (κ3) is 4.46. The molecule has 0 unspecified atom stereocenters. The summed E-state index contributed by atoms with van der Waals surface area (Å²) >= 11 is 0. The van der Waals surface area contributed by atoms with Gasteiger partial charge in [0, 0.05) is 6.54 Å². The summed E-state index contributed by atoms with van der Waals surface area (Å²) in [5.74, 6) is -0.116. The number of carbonyl (C=O) groups excluding carboxylic acids is 1. The fraction of sp³-hybridized carbons (Fsp3) is 0.667. The normalized spacial score (nSPS) is 11.9. The van der Waals surface area contributed by atoms with Crippen LogP contribution < -0.4 is 5.32 Å². The summed E-state index contributed by atoms with van der Waals surface area (Å²) in [5.41, 5.74) is 1.53. The molecule has 1 rings (SSSR count). The van der Waals surface area contributed by atoms with Crippen molar-refractivity contribution >= 4 is 11.6 Å². The number of nitrogens with zero attached hydrogens (tertiary/aromatic N) is 2. The van der Waals surface area contributed by atoms with Crippen LogP contribution in [0.3, 0.4) is 0 Å². The Balaban J connectivity index is 2.52. The van der Waals surface area contributed by atoms with Gasteiger partial charge in [-0.15, -0.1) is 0 Å². The second-order valence-corrected chi connectivity index (χ2v) is 5.34. The number of hydrogen-bond donors (Lipinski definition) is 3. The number of rotatable bonds is 5. The maximum absolute atomic E-state index is 11.8. The molecule has 1 amide bonds. The fourth-order valence-corrected chi connectivity index (χ4v) is 1.88. The standard InChI is InChI=1S/C12H22N4O2/c1-8-11(9(2)15-14-8)13-10(17)6-16(5)7-12(3,4)18/h18H,6-7H2,1-5H3,(H,13,17)(H,14,15). The highest BCUT2D eigenvalue weighted by molar-refractivity contribution is 5.93. The lowest BCUT2D eigenvalue weighted by molar-refractivity contribution is -0.117. The van der Waals surface area contributed by atoms with Crippen LogP contribution in [0.1, 0.15) is 25.2 Å². The van der Waals surface area contributed by atoms with E-state index < -0.39 is 5.60 Å². The van der Waals surface area contributed by atoms with E-state index in [4.69, 9.17) is 0 Å². The van der Waals surface area contributed by atoms with Crippen molar-refractivity contribution in [2.75, 3.05) is 25.5 Å². The minimum atomic E-state index is -0.809. The number of hydrogen-bond acceptors (Lipinski definition) is 4. The SMILES string of the molecule is Cc1n[nH]c(C)c1NC(=O)CN(C)CC(C)(C)O. The molecule has 3 N–H and O–H groups in total. The lowest BCUT2D eigenvalue weighted by Crippen LogP contribution is -2.40. The van der Waals surface area contributed by atoms with Gasteiger partial charge in [-0.3, -0.25) is 14.8 Å². The summed E-state index contributed by atoms with van der Waals surface area (Å²) in [4.78, 5) is 13.6. The molecule has 0 saturated carbocycles. The molecule has 0 bridgehead atoms. The molecule has 0 saturated heterocycles. The number of anilines is 1. The van der Waals surface area contributed by atoms with E-state index in [2.05, 4.69) is 15.5 Å². The zero-order chi connectivity index (χ0) is 13.9. The molecule has 0 atom stereocenters.